The van der Waals surface area contributed by atoms with Crippen molar-refractivity contribution in [2.24, 2.45) is 14.1 Å². The standard InChI is InChI=1S/C33H32N4O4.C8H8N4O2/c38-27-15-13-23(14-16-27)19-29-32(40)35(21-26-11-6-10-25-9-4-5-12-28(25)26)22-30-36(18-17-31(39)37(29)30)33(41)34-20-24-7-2-1-3-8-24;1-11-4-3-9-5-6(11)10-8(14)12(2)7(5)13/h1-16,29-30,38H,17-22H2,(H,34,41);3-4H,1-2H3/t29?,30-;/m1./s1. The summed E-state index contributed by atoms with van der Waals surface area (Å²) in [5.74, 6) is 0.154. The number of fused-ring (bicyclic) bond motifs is 3. The van der Waals surface area contributed by atoms with Crippen LogP contribution in [-0.2, 0) is 43.2 Å². The zero-order valence-electron chi connectivity index (χ0n) is 30.4. The highest BCUT2D eigenvalue weighted by atomic mass is 16.3. The van der Waals surface area contributed by atoms with Crippen molar-refractivity contribution in [3.05, 3.63) is 147 Å². The monoisotopic (exact) mass is 740 g/mol. The SMILES string of the molecule is Cn1ccnc2c(=O)n(C)c(=O)nc1-2.O=C1C(Cc2ccc(O)cc2)N2C(=O)CCN(C(=O)NCc3ccccc3)[C@H]2CN1Cc1cccc2ccccc12. The van der Waals surface area contributed by atoms with Gasteiger partial charge in [0.1, 0.15) is 18.0 Å². The molecule has 280 valence electrons. The highest BCUT2D eigenvalue weighted by Crippen LogP contribution is 2.30. The van der Waals surface area contributed by atoms with Gasteiger partial charge >= 0.3 is 11.7 Å². The summed E-state index contributed by atoms with van der Waals surface area (Å²) in [6.07, 6.45) is 2.97. The van der Waals surface area contributed by atoms with Crippen LogP contribution in [0.25, 0.3) is 22.3 Å². The number of benzene rings is 4. The number of nitrogens with zero attached hydrogens (tertiary/aromatic N) is 7. The number of hydrogen-bond donors (Lipinski definition) is 2. The quantitative estimate of drug-likeness (QED) is 0.263. The molecule has 4 aromatic carbocycles. The van der Waals surface area contributed by atoms with E-state index >= 15 is 0 Å². The van der Waals surface area contributed by atoms with Crippen molar-refractivity contribution in [1.82, 2.24) is 39.1 Å². The second-order valence-corrected chi connectivity index (χ2v) is 13.6. The maximum absolute atomic E-state index is 14.1. The summed E-state index contributed by atoms with van der Waals surface area (Å²) in [4.78, 5) is 76.4. The molecule has 14 heteroatoms. The lowest BCUT2D eigenvalue weighted by Gasteiger charge is -2.52. The van der Waals surface area contributed by atoms with Crippen LogP contribution in [0.5, 0.6) is 5.75 Å². The van der Waals surface area contributed by atoms with Crippen LogP contribution in [0.1, 0.15) is 23.1 Å². The van der Waals surface area contributed by atoms with Crippen molar-refractivity contribution in [1.29, 1.82) is 0 Å². The number of aromatic hydroxyl groups is 1. The summed E-state index contributed by atoms with van der Waals surface area (Å²) >= 11 is 0. The molecule has 1 unspecified atom stereocenters. The van der Waals surface area contributed by atoms with Gasteiger partial charge in [-0.3, -0.25) is 19.0 Å². The van der Waals surface area contributed by atoms with Crippen molar-refractivity contribution in [2.45, 2.75) is 38.1 Å². The zero-order valence-corrected chi connectivity index (χ0v) is 30.4. The smallest absolute Gasteiger partial charge is 0.352 e. The van der Waals surface area contributed by atoms with E-state index < -0.39 is 23.5 Å². The Kier molecular flexibility index (Phi) is 10.4. The molecule has 2 N–H and O–H groups in total. The molecule has 0 aliphatic carbocycles. The lowest BCUT2D eigenvalue weighted by Crippen LogP contribution is -2.72. The van der Waals surface area contributed by atoms with Gasteiger partial charge in [0.15, 0.2) is 11.5 Å². The molecule has 0 radical (unpaired) electrons. The lowest BCUT2D eigenvalue weighted by molar-refractivity contribution is -0.167. The van der Waals surface area contributed by atoms with Gasteiger partial charge in [-0.1, -0.05) is 84.9 Å². The third-order valence-electron chi connectivity index (χ3n) is 10.0. The highest BCUT2D eigenvalue weighted by Gasteiger charge is 2.48. The molecule has 0 bridgehead atoms. The first-order chi connectivity index (χ1) is 26.6. The van der Waals surface area contributed by atoms with E-state index in [1.54, 1.807) is 56.8 Å². The Bertz CT molecular complexity index is 2440. The molecule has 0 aromatic heterocycles. The van der Waals surface area contributed by atoms with Gasteiger partial charge in [-0.25, -0.2) is 14.6 Å². The van der Waals surface area contributed by atoms with Crippen molar-refractivity contribution in [2.75, 3.05) is 13.1 Å². The molecule has 2 fully saturated rings. The maximum atomic E-state index is 14.1. The van der Waals surface area contributed by atoms with E-state index in [0.717, 1.165) is 32.0 Å². The summed E-state index contributed by atoms with van der Waals surface area (Å²) < 4.78 is 2.53. The van der Waals surface area contributed by atoms with Crippen LogP contribution in [0, 0.1) is 0 Å². The van der Waals surface area contributed by atoms with Crippen molar-refractivity contribution < 1.29 is 19.5 Å². The van der Waals surface area contributed by atoms with Gasteiger partial charge in [0.2, 0.25) is 11.8 Å². The molecular formula is C41H40N8O6. The molecule has 4 aliphatic rings. The highest BCUT2D eigenvalue weighted by molar-refractivity contribution is 5.92. The molecule has 4 aromatic rings. The van der Waals surface area contributed by atoms with Crippen LogP contribution >= 0.6 is 0 Å². The summed E-state index contributed by atoms with van der Waals surface area (Å²) in [6.45, 7) is 1.23. The third-order valence-corrected chi connectivity index (χ3v) is 10.0. The summed E-state index contributed by atoms with van der Waals surface area (Å²) in [7, 11) is 3.08. The molecule has 8 rings (SSSR count). The molecule has 4 aliphatic heterocycles. The number of aromatic nitrogens is 4. The van der Waals surface area contributed by atoms with Crippen LogP contribution in [0.2, 0.25) is 0 Å². The largest absolute Gasteiger partial charge is 0.508 e. The van der Waals surface area contributed by atoms with Crippen molar-refractivity contribution in [3.8, 4) is 17.3 Å². The van der Waals surface area contributed by atoms with E-state index in [0.29, 0.717) is 18.9 Å². The number of phenolic OH excluding ortho intramolecular Hbond substituents is 1. The molecule has 14 nitrogen and oxygen atoms in total. The van der Waals surface area contributed by atoms with Gasteiger partial charge in [-0.05, 0) is 39.6 Å². The number of hydrogen-bond acceptors (Lipinski definition) is 8. The van der Waals surface area contributed by atoms with E-state index in [1.807, 2.05) is 72.8 Å². The molecular weight excluding hydrogens is 701 g/mol. The van der Waals surface area contributed by atoms with Gasteiger partial charge in [0.05, 0.1) is 6.54 Å². The summed E-state index contributed by atoms with van der Waals surface area (Å²) in [6, 6.07) is 29.4. The number of carbonyl (C=O) groups is 3. The molecule has 4 heterocycles. The summed E-state index contributed by atoms with van der Waals surface area (Å²) in [5, 5.41) is 14.9. The first-order valence-corrected chi connectivity index (χ1v) is 17.9. The van der Waals surface area contributed by atoms with Gasteiger partial charge in [-0.2, -0.15) is 4.98 Å². The molecule has 4 amide bonds. The van der Waals surface area contributed by atoms with Crippen LogP contribution in [0.3, 0.4) is 0 Å². The Hall–Kier alpha value is -6.83. The van der Waals surface area contributed by atoms with E-state index in [2.05, 4.69) is 15.3 Å². The summed E-state index contributed by atoms with van der Waals surface area (Å²) in [5.41, 5.74) is 2.03. The molecule has 2 saturated heterocycles. The van der Waals surface area contributed by atoms with Crippen LogP contribution in [-0.4, -0.2) is 82.1 Å². The predicted molar refractivity (Wildman–Crippen MR) is 205 cm³/mol. The van der Waals surface area contributed by atoms with E-state index in [9.17, 15) is 29.1 Å². The second-order valence-electron chi connectivity index (χ2n) is 13.6. The first kappa shape index (κ1) is 36.5. The molecule has 2 atom stereocenters. The Morgan fingerprint density at radius 2 is 1.60 bits per heavy atom. The van der Waals surface area contributed by atoms with E-state index in [-0.39, 0.29) is 55.2 Å². The number of piperazine rings is 1. The fourth-order valence-electron chi connectivity index (χ4n) is 7.12. The van der Waals surface area contributed by atoms with Gasteiger partial charge in [0.25, 0.3) is 5.56 Å². The number of carbonyl (C=O) groups excluding carboxylic acids is 3. The van der Waals surface area contributed by atoms with Crippen molar-refractivity contribution >= 4 is 28.6 Å². The number of phenols is 1. The maximum Gasteiger partial charge on any atom is 0.352 e. The minimum atomic E-state index is -0.773. The van der Waals surface area contributed by atoms with Crippen molar-refractivity contribution in [3.63, 3.8) is 0 Å². The second kappa shape index (κ2) is 15.6. The Labute approximate surface area is 316 Å². The average Bonchev–Trinajstić information content (AvgIpc) is 3.20. The topological polar surface area (TPSA) is 163 Å². The minimum Gasteiger partial charge on any atom is -0.508 e. The molecule has 55 heavy (non-hydrogen) atoms. The van der Waals surface area contributed by atoms with Crippen LogP contribution in [0.15, 0.2) is 119 Å². The van der Waals surface area contributed by atoms with Crippen LogP contribution in [0.4, 0.5) is 4.79 Å². The Morgan fingerprint density at radius 1 is 0.873 bits per heavy atom. The molecule has 0 saturated carbocycles. The van der Waals surface area contributed by atoms with E-state index in [4.69, 9.17) is 0 Å². The number of amides is 4. The van der Waals surface area contributed by atoms with Gasteiger partial charge < -0.3 is 29.7 Å². The van der Waals surface area contributed by atoms with Gasteiger partial charge in [-0.15, -0.1) is 0 Å². The predicted octanol–water partition coefficient (Wildman–Crippen LogP) is 3.25. The Morgan fingerprint density at radius 3 is 2.38 bits per heavy atom. The molecule has 0 spiro atoms. The van der Waals surface area contributed by atoms with Gasteiger partial charge in [0, 0.05) is 59.0 Å². The third kappa shape index (κ3) is 7.65. The zero-order chi connectivity index (χ0) is 38.6. The average molecular weight is 741 g/mol. The fourth-order valence-corrected chi connectivity index (χ4v) is 7.12. The Balaban J connectivity index is 0.000000278. The van der Waals surface area contributed by atoms with E-state index in [1.165, 1.54) is 13.2 Å². The normalized spacial score (nSPS) is 16.8. The number of nitrogens with one attached hydrogen (secondary N) is 1. The number of urea groups is 1. The fraction of sp³-hybridized carbons (Fsp3) is 0.244. The number of aryl methyl sites for hydroxylation is 1. The first-order valence-electron chi connectivity index (χ1n) is 17.9. The minimum absolute atomic E-state index is 0.134. The van der Waals surface area contributed by atoms with Crippen LogP contribution < -0.4 is 16.6 Å². The number of rotatable bonds is 6. The lowest BCUT2D eigenvalue weighted by atomic mass is 9.96.